The van der Waals surface area contributed by atoms with Gasteiger partial charge in [-0.3, -0.25) is 0 Å². The van der Waals surface area contributed by atoms with Gasteiger partial charge in [0.2, 0.25) is 0 Å². The molecule has 1 aromatic heterocycles. The summed E-state index contributed by atoms with van der Waals surface area (Å²) < 4.78 is 0. The maximum atomic E-state index is 9.58. The molecule has 6 heteroatoms. The molecule has 1 atom stereocenters. The Morgan fingerprint density at radius 2 is 2.20 bits per heavy atom. The van der Waals surface area contributed by atoms with E-state index < -0.39 is 0 Å². The number of nitrogens with one attached hydrogen (secondary N) is 1. The first-order valence-corrected chi connectivity index (χ1v) is 5.19. The molecule has 0 aromatic carbocycles. The molecule has 15 heavy (non-hydrogen) atoms. The first-order valence-electron chi connectivity index (χ1n) is 5.19. The maximum Gasteiger partial charge on any atom is 0.188 e. The molecule has 6 nitrogen and oxygen atoms in total. The summed E-state index contributed by atoms with van der Waals surface area (Å²) in [7, 11) is 1.73. The number of tetrazole rings is 1. The molecule has 2 N–H and O–H groups in total. The number of hydrogen-bond donors (Lipinski definition) is 2. The van der Waals surface area contributed by atoms with Crippen molar-refractivity contribution in [2.24, 2.45) is 13.0 Å². The molecule has 1 unspecified atom stereocenters. The lowest BCUT2D eigenvalue weighted by molar-refractivity contribution is 0.146. The van der Waals surface area contributed by atoms with Gasteiger partial charge in [-0.05, 0) is 17.6 Å². The first kappa shape index (κ1) is 12.1. The SMILES string of the molecule is CC(C)CC(O)CNCc1nnn(C)n1. The van der Waals surface area contributed by atoms with Crippen LogP contribution in [0, 0.1) is 5.92 Å². The Kier molecular flexibility index (Phi) is 4.64. The predicted octanol–water partition coefficient (Wildman–Crippen LogP) is -0.293. The van der Waals surface area contributed by atoms with Crippen molar-refractivity contribution in [3.8, 4) is 0 Å². The van der Waals surface area contributed by atoms with Crippen molar-refractivity contribution in [2.75, 3.05) is 6.54 Å². The van der Waals surface area contributed by atoms with Crippen LogP contribution in [0.25, 0.3) is 0 Å². The Morgan fingerprint density at radius 3 is 2.73 bits per heavy atom. The van der Waals surface area contributed by atoms with E-state index in [2.05, 4.69) is 34.6 Å². The lowest BCUT2D eigenvalue weighted by atomic mass is 10.1. The van der Waals surface area contributed by atoms with Crippen molar-refractivity contribution in [3.63, 3.8) is 0 Å². The van der Waals surface area contributed by atoms with Gasteiger partial charge in [0.25, 0.3) is 0 Å². The second-order valence-corrected chi connectivity index (χ2v) is 4.11. The quantitative estimate of drug-likeness (QED) is 0.679. The van der Waals surface area contributed by atoms with E-state index in [0.29, 0.717) is 24.8 Å². The summed E-state index contributed by atoms with van der Waals surface area (Å²) in [6, 6.07) is 0. The van der Waals surface area contributed by atoms with Gasteiger partial charge in [-0.25, -0.2) is 0 Å². The van der Waals surface area contributed by atoms with Gasteiger partial charge < -0.3 is 10.4 Å². The van der Waals surface area contributed by atoms with Gasteiger partial charge in [0.1, 0.15) is 0 Å². The Bertz CT molecular complexity index is 286. The van der Waals surface area contributed by atoms with Crippen molar-refractivity contribution < 1.29 is 5.11 Å². The third-order valence-electron chi connectivity index (χ3n) is 1.96. The summed E-state index contributed by atoms with van der Waals surface area (Å²) in [6.45, 7) is 5.29. The number of aromatic nitrogens is 4. The van der Waals surface area contributed by atoms with Crippen molar-refractivity contribution in [1.29, 1.82) is 0 Å². The van der Waals surface area contributed by atoms with Crippen LogP contribution in [0.2, 0.25) is 0 Å². The topological polar surface area (TPSA) is 75.9 Å². The van der Waals surface area contributed by atoms with Crippen LogP contribution in [-0.4, -0.2) is 38.0 Å². The zero-order valence-corrected chi connectivity index (χ0v) is 9.51. The highest BCUT2D eigenvalue weighted by Gasteiger charge is 2.07. The van der Waals surface area contributed by atoms with Crippen LogP contribution in [0.4, 0.5) is 0 Å². The molecule has 86 valence electrons. The smallest absolute Gasteiger partial charge is 0.188 e. The molecule has 1 aromatic rings. The molecule has 0 saturated heterocycles. The highest BCUT2D eigenvalue weighted by molar-refractivity contribution is 4.75. The van der Waals surface area contributed by atoms with Gasteiger partial charge in [-0.15, -0.1) is 10.2 Å². The summed E-state index contributed by atoms with van der Waals surface area (Å²) >= 11 is 0. The van der Waals surface area contributed by atoms with Crippen LogP contribution >= 0.6 is 0 Å². The van der Waals surface area contributed by atoms with Crippen molar-refractivity contribution in [2.45, 2.75) is 32.9 Å². The number of nitrogens with zero attached hydrogens (tertiary/aromatic N) is 4. The Balaban J connectivity index is 2.16. The summed E-state index contributed by atoms with van der Waals surface area (Å²) in [4.78, 5) is 1.42. The minimum atomic E-state index is -0.304. The van der Waals surface area contributed by atoms with Gasteiger partial charge in [0.15, 0.2) is 5.82 Å². The molecule has 0 aliphatic carbocycles. The van der Waals surface area contributed by atoms with E-state index in [0.717, 1.165) is 6.42 Å². The first-order chi connectivity index (χ1) is 7.08. The van der Waals surface area contributed by atoms with E-state index in [1.165, 1.54) is 4.80 Å². The third-order valence-corrected chi connectivity index (χ3v) is 1.96. The molecule has 0 saturated carbocycles. The number of aliphatic hydroxyl groups is 1. The molecule has 1 heterocycles. The van der Waals surface area contributed by atoms with Crippen LogP contribution in [0.3, 0.4) is 0 Å². The van der Waals surface area contributed by atoms with E-state index >= 15 is 0 Å². The van der Waals surface area contributed by atoms with E-state index in [-0.39, 0.29) is 6.10 Å². The molecular weight excluding hydrogens is 194 g/mol. The second kappa shape index (κ2) is 5.77. The largest absolute Gasteiger partial charge is 0.392 e. The Labute approximate surface area is 89.7 Å². The number of hydrogen-bond acceptors (Lipinski definition) is 5. The lowest BCUT2D eigenvalue weighted by Gasteiger charge is -2.12. The average molecular weight is 213 g/mol. The van der Waals surface area contributed by atoms with Crippen molar-refractivity contribution in [3.05, 3.63) is 5.82 Å². The standard InChI is InChI=1S/C9H19N5O/c1-7(2)4-8(15)5-10-6-9-11-13-14(3)12-9/h7-8,10,15H,4-6H2,1-3H3. The van der Waals surface area contributed by atoms with E-state index in [1.807, 2.05) is 0 Å². The molecule has 0 spiro atoms. The van der Waals surface area contributed by atoms with E-state index in [4.69, 9.17) is 0 Å². The normalized spacial score (nSPS) is 13.4. The Hall–Kier alpha value is -1.01. The zero-order chi connectivity index (χ0) is 11.3. The molecule has 0 aliphatic rings. The van der Waals surface area contributed by atoms with Crippen molar-refractivity contribution in [1.82, 2.24) is 25.5 Å². The van der Waals surface area contributed by atoms with Crippen LogP contribution in [0.1, 0.15) is 26.1 Å². The average Bonchev–Trinajstić information content (AvgIpc) is 2.50. The van der Waals surface area contributed by atoms with Gasteiger partial charge in [-0.2, -0.15) is 4.80 Å². The van der Waals surface area contributed by atoms with Gasteiger partial charge >= 0.3 is 0 Å². The molecule has 0 amide bonds. The van der Waals surface area contributed by atoms with Crippen LogP contribution < -0.4 is 5.32 Å². The molecular formula is C9H19N5O. The number of aryl methyl sites for hydroxylation is 1. The zero-order valence-electron chi connectivity index (χ0n) is 9.51. The van der Waals surface area contributed by atoms with Crippen LogP contribution in [0.5, 0.6) is 0 Å². The summed E-state index contributed by atoms with van der Waals surface area (Å²) in [5.74, 6) is 1.16. The number of aliphatic hydroxyl groups excluding tert-OH is 1. The third kappa shape index (κ3) is 4.85. The molecule has 1 rings (SSSR count). The Morgan fingerprint density at radius 1 is 1.47 bits per heavy atom. The predicted molar refractivity (Wildman–Crippen MR) is 56.0 cm³/mol. The second-order valence-electron chi connectivity index (χ2n) is 4.11. The minimum absolute atomic E-state index is 0.304. The molecule has 0 aliphatic heterocycles. The number of rotatable bonds is 6. The fourth-order valence-corrected chi connectivity index (χ4v) is 1.37. The van der Waals surface area contributed by atoms with E-state index in [9.17, 15) is 5.11 Å². The summed E-state index contributed by atoms with van der Waals surface area (Å²) in [5.41, 5.74) is 0. The van der Waals surface area contributed by atoms with E-state index in [1.54, 1.807) is 7.05 Å². The van der Waals surface area contributed by atoms with Gasteiger partial charge in [0.05, 0.1) is 19.7 Å². The lowest BCUT2D eigenvalue weighted by Crippen LogP contribution is -2.27. The fraction of sp³-hybridized carbons (Fsp3) is 0.889. The fourth-order valence-electron chi connectivity index (χ4n) is 1.37. The minimum Gasteiger partial charge on any atom is -0.392 e. The van der Waals surface area contributed by atoms with Gasteiger partial charge in [0, 0.05) is 6.54 Å². The molecule has 0 bridgehead atoms. The monoisotopic (exact) mass is 213 g/mol. The molecule has 0 radical (unpaired) electrons. The molecule has 0 fully saturated rings. The summed E-state index contributed by atoms with van der Waals surface area (Å²) in [5, 5.41) is 24.2. The highest BCUT2D eigenvalue weighted by atomic mass is 16.3. The summed E-state index contributed by atoms with van der Waals surface area (Å²) in [6.07, 6.45) is 0.502. The highest BCUT2D eigenvalue weighted by Crippen LogP contribution is 2.03. The van der Waals surface area contributed by atoms with Crippen LogP contribution in [-0.2, 0) is 13.6 Å². The van der Waals surface area contributed by atoms with Crippen LogP contribution in [0.15, 0.2) is 0 Å². The van der Waals surface area contributed by atoms with Gasteiger partial charge in [-0.1, -0.05) is 13.8 Å². The maximum absolute atomic E-state index is 9.58. The van der Waals surface area contributed by atoms with Crippen molar-refractivity contribution >= 4 is 0 Å².